The van der Waals surface area contributed by atoms with E-state index in [0.29, 0.717) is 24.3 Å². The van der Waals surface area contributed by atoms with Crippen LogP contribution in [0.4, 0.5) is 11.4 Å². The topological polar surface area (TPSA) is 78.0 Å². The molecule has 2 aromatic carbocycles. The fraction of sp³-hybridized carbons (Fsp3) is 0.440. The van der Waals surface area contributed by atoms with Gasteiger partial charge in [0, 0.05) is 30.5 Å². The molecule has 0 spiro atoms. The summed E-state index contributed by atoms with van der Waals surface area (Å²) in [5.41, 5.74) is 2.37. The maximum atomic E-state index is 13.4. The number of carbonyl (C=O) groups is 2. The zero-order valence-electron chi connectivity index (χ0n) is 19.2. The summed E-state index contributed by atoms with van der Waals surface area (Å²) in [5, 5.41) is 0. The Balaban J connectivity index is 1.47. The van der Waals surface area contributed by atoms with Crippen LogP contribution in [0, 0.1) is 0 Å². The molecule has 0 saturated carbocycles. The Kier molecular flexibility index (Phi) is 5.14. The quantitative estimate of drug-likeness (QED) is 0.692. The van der Waals surface area contributed by atoms with Gasteiger partial charge in [0.05, 0.1) is 10.3 Å². The summed E-state index contributed by atoms with van der Waals surface area (Å²) in [7, 11) is -3.59. The van der Waals surface area contributed by atoms with Crippen molar-refractivity contribution >= 4 is 33.2 Å². The molecule has 8 heteroatoms. The molecule has 2 amide bonds. The van der Waals surface area contributed by atoms with Gasteiger partial charge in [-0.05, 0) is 75.4 Å². The summed E-state index contributed by atoms with van der Waals surface area (Å²) in [5.74, 6) is -0.333. The van der Waals surface area contributed by atoms with Crippen LogP contribution in [0.25, 0.3) is 0 Å². The van der Waals surface area contributed by atoms with Gasteiger partial charge in [0.1, 0.15) is 6.54 Å². The molecule has 33 heavy (non-hydrogen) atoms. The average molecular weight is 468 g/mol. The second-order valence-electron chi connectivity index (χ2n) is 9.75. The predicted molar refractivity (Wildman–Crippen MR) is 127 cm³/mol. The third kappa shape index (κ3) is 3.38. The van der Waals surface area contributed by atoms with Crippen LogP contribution >= 0.6 is 0 Å². The lowest BCUT2D eigenvalue weighted by Gasteiger charge is -2.26. The highest BCUT2D eigenvalue weighted by atomic mass is 32.2. The Morgan fingerprint density at radius 3 is 2.48 bits per heavy atom. The summed E-state index contributed by atoms with van der Waals surface area (Å²) in [6.07, 6.45) is 2.51. The summed E-state index contributed by atoms with van der Waals surface area (Å²) < 4.78 is 27.7. The van der Waals surface area contributed by atoms with Crippen molar-refractivity contribution in [2.75, 3.05) is 29.4 Å². The normalized spacial score (nSPS) is 22.0. The van der Waals surface area contributed by atoms with Gasteiger partial charge in [-0.1, -0.05) is 18.2 Å². The van der Waals surface area contributed by atoms with E-state index in [1.807, 2.05) is 31.2 Å². The van der Waals surface area contributed by atoms with Gasteiger partial charge in [-0.25, -0.2) is 8.42 Å². The fourth-order valence-electron chi connectivity index (χ4n) is 5.37. The maximum absolute atomic E-state index is 13.4. The Hall–Kier alpha value is -2.71. The van der Waals surface area contributed by atoms with Crippen LogP contribution in [-0.4, -0.2) is 50.2 Å². The van der Waals surface area contributed by atoms with Crippen LogP contribution in [-0.2, 0) is 31.4 Å². The molecular formula is C25H29N3O4S. The molecule has 5 rings (SSSR count). The number of anilines is 2. The van der Waals surface area contributed by atoms with Crippen molar-refractivity contribution in [3.63, 3.8) is 0 Å². The van der Waals surface area contributed by atoms with Gasteiger partial charge in [-0.3, -0.25) is 9.59 Å². The molecule has 7 nitrogen and oxygen atoms in total. The molecular weight excluding hydrogens is 438 g/mol. The van der Waals surface area contributed by atoms with E-state index in [0.717, 1.165) is 30.5 Å². The minimum Gasteiger partial charge on any atom is -0.307 e. The number of sulfonamides is 1. The third-order valence-electron chi connectivity index (χ3n) is 7.18. The molecule has 2 aromatic rings. The number of nitrogens with zero attached hydrogens (tertiary/aromatic N) is 3. The van der Waals surface area contributed by atoms with Gasteiger partial charge in [0.25, 0.3) is 0 Å². The Bertz CT molecular complexity index is 1250. The molecule has 3 aliphatic rings. The average Bonchev–Trinajstić information content (AvgIpc) is 3.47. The van der Waals surface area contributed by atoms with Crippen LogP contribution in [0.15, 0.2) is 47.4 Å². The van der Waals surface area contributed by atoms with E-state index < -0.39 is 15.4 Å². The van der Waals surface area contributed by atoms with Gasteiger partial charge >= 0.3 is 0 Å². The highest BCUT2D eigenvalue weighted by molar-refractivity contribution is 7.89. The third-order valence-corrected chi connectivity index (χ3v) is 9.08. The molecule has 1 fully saturated rings. The number of para-hydroxylation sites is 1. The summed E-state index contributed by atoms with van der Waals surface area (Å²) in [6, 6.07) is 12.7. The maximum Gasteiger partial charge on any atom is 0.247 e. The fourth-order valence-corrected chi connectivity index (χ4v) is 6.91. The van der Waals surface area contributed by atoms with E-state index in [2.05, 4.69) is 0 Å². The van der Waals surface area contributed by atoms with Crippen molar-refractivity contribution in [2.45, 2.75) is 56.4 Å². The second-order valence-corrected chi connectivity index (χ2v) is 11.7. The van der Waals surface area contributed by atoms with E-state index in [1.54, 1.807) is 36.9 Å². The van der Waals surface area contributed by atoms with E-state index in [1.165, 1.54) is 9.21 Å². The number of carbonyl (C=O) groups excluding carboxylic acids is 2. The number of rotatable bonds is 4. The smallest absolute Gasteiger partial charge is 0.247 e. The molecule has 3 heterocycles. The molecule has 1 saturated heterocycles. The number of fused-ring (bicyclic) bond motifs is 2. The van der Waals surface area contributed by atoms with Gasteiger partial charge in [-0.15, -0.1) is 0 Å². The van der Waals surface area contributed by atoms with Crippen molar-refractivity contribution in [1.29, 1.82) is 0 Å². The molecule has 0 aromatic heterocycles. The van der Waals surface area contributed by atoms with Crippen molar-refractivity contribution in [3.8, 4) is 0 Å². The van der Waals surface area contributed by atoms with Crippen LogP contribution in [0.5, 0.6) is 0 Å². The molecule has 0 bridgehead atoms. The number of amides is 2. The standard InChI is InChI=1S/C25H29N3O4S/c1-17-14-18-8-4-5-9-21(18)28(17)23(29)16-27-22-11-10-19(15-20(22)25(2,3)24(27)30)33(31,32)26-12-6-7-13-26/h4-5,8-11,15,17H,6-7,12-14,16H2,1-3H3/t17-/m1/s1. The van der Waals surface area contributed by atoms with Crippen LogP contribution < -0.4 is 9.80 Å². The summed E-state index contributed by atoms with van der Waals surface area (Å²) in [6.45, 7) is 6.57. The van der Waals surface area contributed by atoms with Gasteiger partial charge in [0.15, 0.2) is 0 Å². The van der Waals surface area contributed by atoms with E-state index in [-0.39, 0.29) is 29.3 Å². The van der Waals surface area contributed by atoms with Crippen molar-refractivity contribution in [2.24, 2.45) is 0 Å². The first kappa shape index (κ1) is 22.1. The Morgan fingerprint density at radius 1 is 1.06 bits per heavy atom. The van der Waals surface area contributed by atoms with Crippen LogP contribution in [0.2, 0.25) is 0 Å². The number of benzene rings is 2. The minimum atomic E-state index is -3.59. The summed E-state index contributed by atoms with van der Waals surface area (Å²) in [4.78, 5) is 30.2. The zero-order chi connectivity index (χ0) is 23.5. The lowest BCUT2D eigenvalue weighted by molar-refractivity contribution is -0.124. The predicted octanol–water partition coefficient (Wildman–Crippen LogP) is 3.07. The van der Waals surface area contributed by atoms with Gasteiger partial charge < -0.3 is 9.80 Å². The second kappa shape index (κ2) is 7.67. The molecule has 0 N–H and O–H groups in total. The lowest BCUT2D eigenvalue weighted by atomic mass is 9.86. The Morgan fingerprint density at radius 2 is 1.76 bits per heavy atom. The number of hydrogen-bond acceptors (Lipinski definition) is 4. The van der Waals surface area contributed by atoms with Crippen molar-refractivity contribution in [1.82, 2.24) is 4.31 Å². The van der Waals surface area contributed by atoms with E-state index in [9.17, 15) is 18.0 Å². The number of hydrogen-bond donors (Lipinski definition) is 0. The molecule has 174 valence electrons. The zero-order valence-corrected chi connectivity index (χ0v) is 20.1. The molecule has 0 radical (unpaired) electrons. The minimum absolute atomic E-state index is 0.0214. The van der Waals surface area contributed by atoms with Crippen LogP contribution in [0.3, 0.4) is 0 Å². The molecule has 0 unspecified atom stereocenters. The molecule has 1 atom stereocenters. The highest BCUT2D eigenvalue weighted by Gasteiger charge is 2.46. The lowest BCUT2D eigenvalue weighted by Crippen LogP contribution is -2.46. The highest BCUT2D eigenvalue weighted by Crippen LogP contribution is 2.43. The van der Waals surface area contributed by atoms with E-state index >= 15 is 0 Å². The Labute approximate surface area is 195 Å². The first-order chi connectivity index (χ1) is 15.6. The van der Waals surface area contributed by atoms with Crippen molar-refractivity contribution in [3.05, 3.63) is 53.6 Å². The van der Waals surface area contributed by atoms with Gasteiger partial charge in [0.2, 0.25) is 21.8 Å². The van der Waals surface area contributed by atoms with Crippen molar-refractivity contribution < 1.29 is 18.0 Å². The van der Waals surface area contributed by atoms with Crippen LogP contribution in [0.1, 0.15) is 44.7 Å². The first-order valence-electron chi connectivity index (χ1n) is 11.5. The largest absolute Gasteiger partial charge is 0.307 e. The molecule has 3 aliphatic heterocycles. The first-order valence-corrected chi connectivity index (χ1v) is 12.9. The summed E-state index contributed by atoms with van der Waals surface area (Å²) >= 11 is 0. The molecule has 0 aliphatic carbocycles. The van der Waals surface area contributed by atoms with E-state index in [4.69, 9.17) is 0 Å². The SMILES string of the molecule is C[C@@H]1Cc2ccccc2N1C(=O)CN1C(=O)C(C)(C)c2cc(S(=O)(=O)N3CCCC3)ccc21. The monoisotopic (exact) mass is 467 g/mol. The van der Waals surface area contributed by atoms with Gasteiger partial charge in [-0.2, -0.15) is 4.31 Å².